The number of nitrogens with one attached hydrogen (secondary N) is 1. The average molecular weight is 254 g/mol. The molecule has 0 aliphatic carbocycles. The van der Waals surface area contributed by atoms with E-state index in [1.54, 1.807) is 6.20 Å². The second-order valence-electron chi connectivity index (χ2n) is 4.51. The fraction of sp³-hybridized carbons (Fsp3) is 0.250. The lowest BCUT2D eigenvalue weighted by molar-refractivity contribution is 0.103. The summed E-state index contributed by atoms with van der Waals surface area (Å²) in [4.78, 5) is 16.6. The van der Waals surface area contributed by atoms with Crippen LogP contribution in [0.2, 0.25) is 0 Å². The maximum atomic E-state index is 12.3. The highest BCUT2D eigenvalue weighted by Gasteiger charge is 2.12. The van der Waals surface area contributed by atoms with Crippen LogP contribution in [0.3, 0.4) is 0 Å². The molecule has 1 heterocycles. The van der Waals surface area contributed by atoms with E-state index in [9.17, 15) is 4.79 Å². The smallest absolute Gasteiger partial charge is 0.194 e. The van der Waals surface area contributed by atoms with Gasteiger partial charge in [-0.3, -0.25) is 4.79 Å². The maximum absolute atomic E-state index is 12.3. The summed E-state index contributed by atoms with van der Waals surface area (Å²) < 4.78 is 0. The lowest BCUT2D eigenvalue weighted by atomic mass is 10.0. The van der Waals surface area contributed by atoms with Gasteiger partial charge in [0.25, 0.3) is 0 Å². The number of aromatic nitrogens is 1. The minimum atomic E-state index is 0.0210. The third-order valence-corrected chi connectivity index (χ3v) is 2.95. The number of carbonyl (C=O) groups excluding carboxylic acids is 1. The monoisotopic (exact) mass is 254 g/mol. The first-order valence-electron chi connectivity index (χ1n) is 6.52. The van der Waals surface area contributed by atoms with Gasteiger partial charge in [-0.15, -0.1) is 0 Å². The van der Waals surface area contributed by atoms with Crippen molar-refractivity contribution in [2.45, 2.75) is 20.3 Å². The van der Waals surface area contributed by atoms with Gasteiger partial charge >= 0.3 is 0 Å². The van der Waals surface area contributed by atoms with Gasteiger partial charge in [-0.25, -0.2) is 4.98 Å². The molecule has 0 unspecified atom stereocenters. The van der Waals surface area contributed by atoms with E-state index in [0.29, 0.717) is 11.1 Å². The Labute approximate surface area is 113 Å². The molecule has 0 atom stereocenters. The zero-order valence-corrected chi connectivity index (χ0v) is 11.3. The van der Waals surface area contributed by atoms with Crippen molar-refractivity contribution in [1.82, 2.24) is 4.98 Å². The van der Waals surface area contributed by atoms with E-state index < -0.39 is 0 Å². The minimum Gasteiger partial charge on any atom is -0.370 e. The predicted octanol–water partition coefficient (Wildman–Crippen LogP) is 3.44. The topological polar surface area (TPSA) is 42.0 Å². The van der Waals surface area contributed by atoms with E-state index in [4.69, 9.17) is 0 Å². The summed E-state index contributed by atoms with van der Waals surface area (Å²) in [5, 5.41) is 3.22. The fourth-order valence-electron chi connectivity index (χ4n) is 1.89. The molecular weight excluding hydrogens is 236 g/mol. The molecule has 19 heavy (non-hydrogen) atoms. The van der Waals surface area contributed by atoms with Crippen LogP contribution in [-0.4, -0.2) is 17.3 Å². The molecule has 0 saturated heterocycles. The van der Waals surface area contributed by atoms with Crippen LogP contribution in [0.4, 0.5) is 5.82 Å². The first kappa shape index (κ1) is 13.3. The highest BCUT2D eigenvalue weighted by Crippen LogP contribution is 2.16. The van der Waals surface area contributed by atoms with E-state index in [-0.39, 0.29) is 5.78 Å². The standard InChI is InChI=1S/C16H18N2O/c1-3-9-17-15-10-12(2)14(11-18-15)16(19)13-7-5-4-6-8-13/h4-8,10-11H,3,9H2,1-2H3,(H,17,18). The van der Waals surface area contributed by atoms with Crippen LogP contribution < -0.4 is 5.32 Å². The lowest BCUT2D eigenvalue weighted by Gasteiger charge is -2.08. The van der Waals surface area contributed by atoms with Crippen molar-refractivity contribution in [2.75, 3.05) is 11.9 Å². The second kappa shape index (κ2) is 6.14. The number of carbonyl (C=O) groups is 1. The van der Waals surface area contributed by atoms with Crippen LogP contribution in [0, 0.1) is 6.92 Å². The molecule has 98 valence electrons. The Morgan fingerprint density at radius 1 is 1.26 bits per heavy atom. The fourth-order valence-corrected chi connectivity index (χ4v) is 1.89. The highest BCUT2D eigenvalue weighted by molar-refractivity contribution is 6.09. The molecule has 0 fully saturated rings. The number of anilines is 1. The summed E-state index contributed by atoms with van der Waals surface area (Å²) in [6, 6.07) is 11.2. The van der Waals surface area contributed by atoms with Crippen molar-refractivity contribution in [2.24, 2.45) is 0 Å². The number of pyridine rings is 1. The zero-order chi connectivity index (χ0) is 13.7. The summed E-state index contributed by atoms with van der Waals surface area (Å²) in [6.07, 6.45) is 2.70. The Kier molecular flexibility index (Phi) is 4.29. The lowest BCUT2D eigenvalue weighted by Crippen LogP contribution is -2.07. The molecule has 0 bridgehead atoms. The molecule has 0 saturated carbocycles. The molecule has 1 aromatic heterocycles. The van der Waals surface area contributed by atoms with Gasteiger partial charge in [0.1, 0.15) is 5.82 Å². The Morgan fingerprint density at radius 3 is 2.63 bits per heavy atom. The largest absolute Gasteiger partial charge is 0.370 e. The van der Waals surface area contributed by atoms with Crippen LogP contribution in [0.1, 0.15) is 34.8 Å². The van der Waals surface area contributed by atoms with Gasteiger partial charge in [-0.05, 0) is 25.0 Å². The second-order valence-corrected chi connectivity index (χ2v) is 4.51. The molecule has 0 amide bonds. The van der Waals surface area contributed by atoms with Gasteiger partial charge in [0, 0.05) is 23.9 Å². The van der Waals surface area contributed by atoms with Crippen LogP contribution in [0.25, 0.3) is 0 Å². The molecule has 0 spiro atoms. The number of ketones is 1. The Balaban J connectivity index is 2.24. The van der Waals surface area contributed by atoms with Crippen LogP contribution in [0.15, 0.2) is 42.6 Å². The van der Waals surface area contributed by atoms with Crippen molar-refractivity contribution in [3.8, 4) is 0 Å². The van der Waals surface area contributed by atoms with Gasteiger partial charge in [-0.1, -0.05) is 37.3 Å². The van der Waals surface area contributed by atoms with Crippen LogP contribution in [0.5, 0.6) is 0 Å². The van der Waals surface area contributed by atoms with E-state index in [2.05, 4.69) is 17.2 Å². The molecule has 3 nitrogen and oxygen atoms in total. The molecule has 1 N–H and O–H groups in total. The minimum absolute atomic E-state index is 0.0210. The summed E-state index contributed by atoms with van der Waals surface area (Å²) in [7, 11) is 0. The molecule has 2 rings (SSSR count). The van der Waals surface area contributed by atoms with E-state index >= 15 is 0 Å². The Bertz CT molecular complexity index is 564. The molecule has 0 aliphatic rings. The average Bonchev–Trinajstić information content (AvgIpc) is 2.45. The first-order valence-corrected chi connectivity index (χ1v) is 6.52. The van der Waals surface area contributed by atoms with Crippen molar-refractivity contribution in [3.63, 3.8) is 0 Å². The summed E-state index contributed by atoms with van der Waals surface area (Å²) in [5.41, 5.74) is 2.30. The molecule has 1 aromatic carbocycles. The van der Waals surface area contributed by atoms with Gasteiger partial charge in [0.15, 0.2) is 5.78 Å². The molecule has 0 radical (unpaired) electrons. The Hall–Kier alpha value is -2.16. The number of hydrogen-bond donors (Lipinski definition) is 1. The van der Waals surface area contributed by atoms with Gasteiger partial charge < -0.3 is 5.32 Å². The molecular formula is C16H18N2O. The number of nitrogens with zero attached hydrogens (tertiary/aromatic N) is 1. The Morgan fingerprint density at radius 2 is 2.00 bits per heavy atom. The summed E-state index contributed by atoms with van der Waals surface area (Å²) in [6.45, 7) is 4.93. The number of hydrogen-bond acceptors (Lipinski definition) is 3. The normalized spacial score (nSPS) is 10.2. The number of aryl methyl sites for hydroxylation is 1. The van der Waals surface area contributed by atoms with E-state index in [0.717, 1.165) is 24.3 Å². The third-order valence-electron chi connectivity index (χ3n) is 2.95. The number of benzene rings is 1. The quantitative estimate of drug-likeness (QED) is 0.831. The molecule has 3 heteroatoms. The van der Waals surface area contributed by atoms with Crippen molar-refractivity contribution in [3.05, 3.63) is 59.3 Å². The van der Waals surface area contributed by atoms with Crippen LogP contribution >= 0.6 is 0 Å². The molecule has 0 aliphatic heterocycles. The van der Waals surface area contributed by atoms with Gasteiger partial charge in [0.05, 0.1) is 0 Å². The highest BCUT2D eigenvalue weighted by atomic mass is 16.1. The van der Waals surface area contributed by atoms with E-state index in [1.165, 1.54) is 0 Å². The van der Waals surface area contributed by atoms with Crippen molar-refractivity contribution in [1.29, 1.82) is 0 Å². The SMILES string of the molecule is CCCNc1cc(C)c(C(=O)c2ccccc2)cn1. The van der Waals surface area contributed by atoms with Crippen molar-refractivity contribution >= 4 is 11.6 Å². The van der Waals surface area contributed by atoms with Gasteiger partial charge in [-0.2, -0.15) is 0 Å². The predicted molar refractivity (Wildman–Crippen MR) is 77.6 cm³/mol. The first-order chi connectivity index (χ1) is 9.22. The zero-order valence-electron chi connectivity index (χ0n) is 11.3. The van der Waals surface area contributed by atoms with Crippen LogP contribution in [-0.2, 0) is 0 Å². The van der Waals surface area contributed by atoms with E-state index in [1.807, 2.05) is 43.3 Å². The third kappa shape index (κ3) is 3.19. The number of rotatable bonds is 5. The van der Waals surface area contributed by atoms with Gasteiger partial charge in [0.2, 0.25) is 0 Å². The molecule has 2 aromatic rings. The van der Waals surface area contributed by atoms with Crippen molar-refractivity contribution < 1.29 is 4.79 Å². The maximum Gasteiger partial charge on any atom is 0.194 e. The summed E-state index contributed by atoms with van der Waals surface area (Å²) in [5.74, 6) is 0.844. The summed E-state index contributed by atoms with van der Waals surface area (Å²) >= 11 is 0.